The van der Waals surface area contributed by atoms with Gasteiger partial charge < -0.3 is 5.11 Å². The third-order valence-corrected chi connectivity index (χ3v) is 3.24. The van der Waals surface area contributed by atoms with Crippen LogP contribution in [0.4, 0.5) is 0 Å². The van der Waals surface area contributed by atoms with E-state index in [9.17, 15) is 0 Å². The Morgan fingerprint density at radius 2 is 1.50 bits per heavy atom. The second-order valence-corrected chi connectivity index (χ2v) is 4.81. The molecule has 0 aliphatic rings. The van der Waals surface area contributed by atoms with Crippen molar-refractivity contribution in [2.45, 2.75) is 63.8 Å². The topological polar surface area (TPSA) is 58.3 Å². The van der Waals surface area contributed by atoms with Crippen LogP contribution >= 0.6 is 12.6 Å². The quantitative estimate of drug-likeness (QED) is 0.185. The van der Waals surface area contributed by atoms with Crippen molar-refractivity contribution >= 4 is 12.6 Å². The van der Waals surface area contributed by atoms with E-state index in [0.29, 0.717) is 0 Å². The highest BCUT2D eigenvalue weighted by atomic mass is 32.1. The number of nitrogens with one attached hydrogen (secondary N) is 1. The minimum Gasteiger partial charge on any atom is -0.396 e. The van der Waals surface area contributed by atoms with Crippen LogP contribution < -0.4 is 11.3 Å². The molecule has 0 aliphatic heterocycles. The average molecular weight is 248 g/mol. The smallest absolute Gasteiger partial charge is 0.0446 e. The molecule has 3 nitrogen and oxygen atoms in total. The zero-order chi connectivity index (χ0) is 12.1. The predicted octanol–water partition coefficient (Wildman–Crippen LogP) is 2.25. The third kappa shape index (κ3) is 10.7. The zero-order valence-electron chi connectivity index (χ0n) is 10.3. The largest absolute Gasteiger partial charge is 0.396 e. The lowest BCUT2D eigenvalue weighted by molar-refractivity contribution is 0.259. The van der Waals surface area contributed by atoms with Gasteiger partial charge in [-0.05, 0) is 25.0 Å². The summed E-state index contributed by atoms with van der Waals surface area (Å²) >= 11 is 4.19. The fraction of sp³-hybridized carbons (Fsp3) is 1.00. The third-order valence-electron chi connectivity index (χ3n) is 2.92. The summed E-state index contributed by atoms with van der Waals surface area (Å²) in [6, 6.07) is 0.286. The number of nitrogens with two attached hydrogens (primary N) is 1. The van der Waals surface area contributed by atoms with Crippen molar-refractivity contribution in [3.8, 4) is 0 Å². The molecule has 16 heavy (non-hydrogen) atoms. The second kappa shape index (κ2) is 13.3. The number of aliphatic hydroxyl groups excluding tert-OH is 1. The van der Waals surface area contributed by atoms with Gasteiger partial charge in [-0.1, -0.05) is 38.5 Å². The summed E-state index contributed by atoms with van der Waals surface area (Å²) in [4.78, 5) is 0. The van der Waals surface area contributed by atoms with Gasteiger partial charge >= 0.3 is 0 Å². The van der Waals surface area contributed by atoms with E-state index in [-0.39, 0.29) is 12.6 Å². The highest BCUT2D eigenvalue weighted by Crippen LogP contribution is 2.10. The van der Waals surface area contributed by atoms with Crippen LogP contribution in [0.5, 0.6) is 0 Å². The molecule has 0 fully saturated rings. The molecule has 98 valence electrons. The summed E-state index contributed by atoms with van der Waals surface area (Å²) in [6.45, 7) is 0.221. The van der Waals surface area contributed by atoms with Gasteiger partial charge in [0.1, 0.15) is 0 Å². The van der Waals surface area contributed by atoms with Gasteiger partial charge in [0.25, 0.3) is 0 Å². The van der Waals surface area contributed by atoms with E-state index in [1.807, 2.05) is 0 Å². The minimum absolute atomic E-state index is 0.221. The Hall–Kier alpha value is 0.230. The van der Waals surface area contributed by atoms with Crippen LogP contribution in [0.2, 0.25) is 0 Å². The van der Waals surface area contributed by atoms with Crippen molar-refractivity contribution in [3.63, 3.8) is 0 Å². The zero-order valence-corrected chi connectivity index (χ0v) is 11.2. The number of aliphatic hydroxyl groups is 1. The van der Waals surface area contributed by atoms with Crippen molar-refractivity contribution in [1.29, 1.82) is 0 Å². The predicted molar refractivity (Wildman–Crippen MR) is 73.6 cm³/mol. The van der Waals surface area contributed by atoms with Gasteiger partial charge in [0.15, 0.2) is 0 Å². The molecular formula is C12H28N2OS. The first-order valence-corrected chi connectivity index (χ1v) is 7.16. The first-order chi connectivity index (χ1) is 7.85. The van der Waals surface area contributed by atoms with Crippen LogP contribution in [-0.2, 0) is 0 Å². The van der Waals surface area contributed by atoms with Crippen LogP contribution in [0.15, 0.2) is 0 Å². The second-order valence-electron chi connectivity index (χ2n) is 4.36. The Morgan fingerprint density at radius 1 is 0.938 bits per heavy atom. The van der Waals surface area contributed by atoms with E-state index >= 15 is 0 Å². The average Bonchev–Trinajstić information content (AvgIpc) is 2.31. The van der Waals surface area contributed by atoms with Crippen molar-refractivity contribution in [1.82, 2.24) is 5.43 Å². The number of hydrogen-bond donors (Lipinski definition) is 4. The molecule has 1 atom stereocenters. The van der Waals surface area contributed by atoms with E-state index in [4.69, 9.17) is 10.9 Å². The molecule has 4 heteroatoms. The SMILES string of the molecule is NNC(CCO)CCCCCCCCCS. The maximum atomic E-state index is 8.79. The number of rotatable bonds is 12. The van der Waals surface area contributed by atoms with Gasteiger partial charge in [-0.15, -0.1) is 0 Å². The lowest BCUT2D eigenvalue weighted by Crippen LogP contribution is -2.35. The summed E-state index contributed by atoms with van der Waals surface area (Å²) in [7, 11) is 0. The highest BCUT2D eigenvalue weighted by Gasteiger charge is 2.04. The Bertz CT molecular complexity index is 136. The molecule has 0 saturated carbocycles. The normalized spacial score (nSPS) is 12.9. The molecule has 0 aromatic rings. The van der Waals surface area contributed by atoms with E-state index < -0.39 is 0 Å². The maximum Gasteiger partial charge on any atom is 0.0446 e. The van der Waals surface area contributed by atoms with Crippen LogP contribution in [0, 0.1) is 0 Å². The Labute approximate surface area is 106 Å². The number of hydrazine groups is 1. The molecular weight excluding hydrogens is 220 g/mol. The van der Waals surface area contributed by atoms with Gasteiger partial charge in [0, 0.05) is 12.6 Å². The van der Waals surface area contributed by atoms with E-state index in [1.54, 1.807) is 0 Å². The first kappa shape index (κ1) is 16.2. The molecule has 0 aromatic carbocycles. The molecule has 0 aliphatic carbocycles. The van der Waals surface area contributed by atoms with Crippen molar-refractivity contribution in [3.05, 3.63) is 0 Å². The van der Waals surface area contributed by atoms with E-state index in [0.717, 1.165) is 18.6 Å². The number of hydrogen-bond acceptors (Lipinski definition) is 4. The van der Waals surface area contributed by atoms with Gasteiger partial charge in [0.2, 0.25) is 0 Å². The van der Waals surface area contributed by atoms with Crippen LogP contribution in [-0.4, -0.2) is 23.5 Å². The summed E-state index contributed by atoms with van der Waals surface area (Å²) in [5.74, 6) is 6.41. The molecule has 0 rings (SSSR count). The standard InChI is InChI=1S/C12H28N2OS/c13-14-12(9-10-15)8-6-4-2-1-3-5-7-11-16/h12,14-16H,1-11,13H2. The molecule has 0 spiro atoms. The van der Waals surface area contributed by atoms with Crippen LogP contribution in [0.1, 0.15) is 57.8 Å². The highest BCUT2D eigenvalue weighted by molar-refractivity contribution is 7.80. The first-order valence-electron chi connectivity index (χ1n) is 6.53. The van der Waals surface area contributed by atoms with E-state index in [1.165, 1.54) is 44.9 Å². The summed E-state index contributed by atoms with van der Waals surface area (Å²) in [5.41, 5.74) is 2.75. The molecule has 0 saturated heterocycles. The van der Waals surface area contributed by atoms with Crippen LogP contribution in [0.25, 0.3) is 0 Å². The Kier molecular flexibility index (Phi) is 13.5. The van der Waals surface area contributed by atoms with Crippen LogP contribution in [0.3, 0.4) is 0 Å². The maximum absolute atomic E-state index is 8.79. The molecule has 0 heterocycles. The molecule has 0 bridgehead atoms. The fourth-order valence-corrected chi connectivity index (χ4v) is 2.08. The summed E-state index contributed by atoms with van der Waals surface area (Å²) in [5, 5.41) is 8.79. The molecule has 1 unspecified atom stereocenters. The van der Waals surface area contributed by atoms with Crippen molar-refractivity contribution in [2.24, 2.45) is 5.84 Å². The Morgan fingerprint density at radius 3 is 2.00 bits per heavy atom. The van der Waals surface area contributed by atoms with Crippen molar-refractivity contribution < 1.29 is 5.11 Å². The van der Waals surface area contributed by atoms with Gasteiger partial charge in [-0.25, -0.2) is 0 Å². The van der Waals surface area contributed by atoms with Crippen molar-refractivity contribution in [2.75, 3.05) is 12.4 Å². The number of thiol groups is 1. The Balaban J connectivity index is 3.12. The molecule has 0 radical (unpaired) electrons. The minimum atomic E-state index is 0.221. The fourth-order valence-electron chi connectivity index (χ4n) is 1.85. The lowest BCUT2D eigenvalue weighted by atomic mass is 10.0. The lowest BCUT2D eigenvalue weighted by Gasteiger charge is -2.13. The molecule has 0 aromatic heterocycles. The monoisotopic (exact) mass is 248 g/mol. The molecule has 4 N–H and O–H groups in total. The molecule has 0 amide bonds. The van der Waals surface area contributed by atoms with Gasteiger partial charge in [-0.3, -0.25) is 11.3 Å². The van der Waals surface area contributed by atoms with Gasteiger partial charge in [-0.2, -0.15) is 12.6 Å². The van der Waals surface area contributed by atoms with E-state index in [2.05, 4.69) is 18.1 Å². The summed E-state index contributed by atoms with van der Waals surface area (Å²) in [6.07, 6.45) is 10.9. The van der Waals surface area contributed by atoms with Gasteiger partial charge in [0.05, 0.1) is 0 Å². The summed E-state index contributed by atoms with van der Waals surface area (Å²) < 4.78 is 0. The number of unbranched alkanes of at least 4 members (excludes halogenated alkanes) is 6.